The van der Waals surface area contributed by atoms with Gasteiger partial charge in [-0.2, -0.15) is 13.2 Å². The normalized spacial score (nSPS) is 13.5. The lowest BCUT2D eigenvalue weighted by Crippen LogP contribution is -2.22. The molecule has 6 heteroatoms. The molecular formula is C10H8ClF3O2. The topological polar surface area (TPSA) is 26.3 Å². The van der Waals surface area contributed by atoms with Gasteiger partial charge in [0.15, 0.2) is 6.10 Å². The standard InChI is InChI=1S/C10H8ClF3O2/c11-9(15)8(16-6-10(12,13)14)7-4-2-1-3-5-7/h1-5,8H,6H2. The third kappa shape index (κ3) is 4.20. The molecule has 0 N–H and O–H groups in total. The summed E-state index contributed by atoms with van der Waals surface area (Å²) in [5.74, 6) is 0. The van der Waals surface area contributed by atoms with Crippen molar-refractivity contribution >= 4 is 16.8 Å². The van der Waals surface area contributed by atoms with E-state index < -0.39 is 24.1 Å². The zero-order chi connectivity index (χ0) is 12.2. The van der Waals surface area contributed by atoms with Crippen molar-refractivity contribution in [3.05, 3.63) is 35.9 Å². The van der Waals surface area contributed by atoms with Gasteiger partial charge in [-0.25, -0.2) is 0 Å². The van der Waals surface area contributed by atoms with Crippen LogP contribution in [0.2, 0.25) is 0 Å². The van der Waals surface area contributed by atoms with Crippen LogP contribution in [0.5, 0.6) is 0 Å². The minimum atomic E-state index is -4.49. The van der Waals surface area contributed by atoms with Gasteiger partial charge in [0.25, 0.3) is 5.24 Å². The van der Waals surface area contributed by atoms with Crippen molar-refractivity contribution < 1.29 is 22.7 Å². The predicted molar refractivity (Wildman–Crippen MR) is 52.1 cm³/mol. The Morgan fingerprint density at radius 3 is 2.31 bits per heavy atom. The van der Waals surface area contributed by atoms with Crippen molar-refractivity contribution in [3.8, 4) is 0 Å². The third-order valence-electron chi connectivity index (χ3n) is 1.72. The predicted octanol–water partition coefficient (Wildman–Crippen LogP) is 3.07. The van der Waals surface area contributed by atoms with E-state index >= 15 is 0 Å². The molecule has 1 atom stereocenters. The Kier molecular flexibility index (Phi) is 4.32. The Morgan fingerprint density at radius 2 is 1.88 bits per heavy atom. The van der Waals surface area contributed by atoms with E-state index in [0.29, 0.717) is 5.56 Å². The van der Waals surface area contributed by atoms with Gasteiger partial charge in [-0.05, 0) is 17.2 Å². The summed E-state index contributed by atoms with van der Waals surface area (Å²) in [6.07, 6.45) is -5.87. The molecule has 0 amide bonds. The van der Waals surface area contributed by atoms with Gasteiger partial charge < -0.3 is 4.74 Å². The first-order valence-electron chi connectivity index (χ1n) is 4.33. The maximum atomic E-state index is 11.9. The second-order valence-electron chi connectivity index (χ2n) is 3.02. The quantitative estimate of drug-likeness (QED) is 0.770. The number of halogens is 4. The number of rotatable bonds is 4. The van der Waals surface area contributed by atoms with Crippen LogP contribution >= 0.6 is 11.6 Å². The van der Waals surface area contributed by atoms with Gasteiger partial charge in [0.1, 0.15) is 6.61 Å². The Balaban J connectivity index is 2.74. The summed E-state index contributed by atoms with van der Waals surface area (Å²) in [6, 6.07) is 7.78. The van der Waals surface area contributed by atoms with Gasteiger partial charge in [-0.3, -0.25) is 4.79 Å². The van der Waals surface area contributed by atoms with Crippen molar-refractivity contribution in [2.75, 3.05) is 6.61 Å². The second kappa shape index (κ2) is 5.32. The molecule has 0 heterocycles. The van der Waals surface area contributed by atoms with Crippen molar-refractivity contribution in [2.45, 2.75) is 12.3 Å². The average molecular weight is 253 g/mol. The Labute approximate surface area is 95.0 Å². The number of ether oxygens (including phenoxy) is 1. The molecule has 1 unspecified atom stereocenters. The molecule has 0 aromatic heterocycles. The van der Waals surface area contributed by atoms with Crippen LogP contribution in [0.1, 0.15) is 11.7 Å². The zero-order valence-corrected chi connectivity index (χ0v) is 8.76. The van der Waals surface area contributed by atoms with E-state index in [1.165, 1.54) is 12.1 Å². The number of hydrogen-bond acceptors (Lipinski definition) is 2. The molecule has 0 radical (unpaired) electrons. The summed E-state index contributed by atoms with van der Waals surface area (Å²) >= 11 is 5.18. The van der Waals surface area contributed by atoms with Crippen LogP contribution < -0.4 is 0 Å². The van der Waals surface area contributed by atoms with E-state index in [1.807, 2.05) is 0 Å². The molecule has 16 heavy (non-hydrogen) atoms. The summed E-state index contributed by atoms with van der Waals surface area (Å²) in [5.41, 5.74) is 0.298. The molecule has 0 fully saturated rings. The summed E-state index contributed by atoms with van der Waals surface area (Å²) in [4.78, 5) is 10.9. The largest absolute Gasteiger partial charge is 0.411 e. The maximum absolute atomic E-state index is 11.9. The molecule has 0 saturated carbocycles. The van der Waals surface area contributed by atoms with E-state index in [2.05, 4.69) is 4.74 Å². The van der Waals surface area contributed by atoms with Crippen LogP contribution in [-0.2, 0) is 9.53 Å². The second-order valence-corrected chi connectivity index (χ2v) is 3.39. The van der Waals surface area contributed by atoms with E-state index in [0.717, 1.165) is 0 Å². The minimum Gasteiger partial charge on any atom is -0.355 e. The molecular weight excluding hydrogens is 245 g/mol. The first-order chi connectivity index (χ1) is 7.40. The van der Waals surface area contributed by atoms with Crippen molar-refractivity contribution in [2.24, 2.45) is 0 Å². The van der Waals surface area contributed by atoms with Crippen molar-refractivity contribution in [1.29, 1.82) is 0 Å². The van der Waals surface area contributed by atoms with Crippen LogP contribution in [-0.4, -0.2) is 18.0 Å². The van der Waals surface area contributed by atoms with Gasteiger partial charge in [-0.1, -0.05) is 30.3 Å². The number of hydrogen-bond donors (Lipinski definition) is 0. The number of carbonyl (C=O) groups is 1. The van der Waals surface area contributed by atoms with E-state index in [-0.39, 0.29) is 0 Å². The first kappa shape index (κ1) is 13.0. The molecule has 0 aliphatic rings. The fourth-order valence-electron chi connectivity index (χ4n) is 1.10. The Morgan fingerprint density at radius 1 is 1.31 bits per heavy atom. The fourth-order valence-corrected chi connectivity index (χ4v) is 1.29. The van der Waals surface area contributed by atoms with E-state index in [9.17, 15) is 18.0 Å². The van der Waals surface area contributed by atoms with Gasteiger partial charge in [0.2, 0.25) is 0 Å². The van der Waals surface area contributed by atoms with E-state index in [1.54, 1.807) is 18.2 Å². The van der Waals surface area contributed by atoms with Gasteiger partial charge >= 0.3 is 6.18 Å². The van der Waals surface area contributed by atoms with Crippen LogP contribution in [0.25, 0.3) is 0 Å². The number of alkyl halides is 3. The monoisotopic (exact) mass is 252 g/mol. The van der Waals surface area contributed by atoms with Crippen LogP contribution in [0.4, 0.5) is 13.2 Å². The highest BCUT2D eigenvalue weighted by atomic mass is 35.5. The molecule has 88 valence electrons. The summed E-state index contributed by atoms with van der Waals surface area (Å²) in [5, 5.41) is -0.976. The summed E-state index contributed by atoms with van der Waals surface area (Å²) < 4.78 is 40.2. The first-order valence-corrected chi connectivity index (χ1v) is 4.70. The zero-order valence-electron chi connectivity index (χ0n) is 8.00. The van der Waals surface area contributed by atoms with Crippen LogP contribution in [0.15, 0.2) is 30.3 Å². The Hall–Kier alpha value is -1.07. The smallest absolute Gasteiger partial charge is 0.355 e. The molecule has 0 aliphatic heterocycles. The van der Waals surface area contributed by atoms with Crippen LogP contribution in [0, 0.1) is 0 Å². The molecule has 0 spiro atoms. The molecule has 1 rings (SSSR count). The highest BCUT2D eigenvalue weighted by molar-refractivity contribution is 6.64. The lowest BCUT2D eigenvalue weighted by atomic mass is 10.1. The van der Waals surface area contributed by atoms with Crippen molar-refractivity contribution in [3.63, 3.8) is 0 Å². The molecule has 0 bridgehead atoms. The maximum Gasteiger partial charge on any atom is 0.411 e. The molecule has 0 aliphatic carbocycles. The van der Waals surface area contributed by atoms with Gasteiger partial charge in [0.05, 0.1) is 0 Å². The van der Waals surface area contributed by atoms with Gasteiger partial charge in [0, 0.05) is 0 Å². The third-order valence-corrected chi connectivity index (χ3v) is 1.92. The highest BCUT2D eigenvalue weighted by Crippen LogP contribution is 2.24. The fraction of sp³-hybridized carbons (Fsp3) is 0.300. The van der Waals surface area contributed by atoms with Gasteiger partial charge in [-0.15, -0.1) is 0 Å². The summed E-state index contributed by atoms with van der Waals surface area (Å²) in [7, 11) is 0. The number of benzene rings is 1. The van der Waals surface area contributed by atoms with E-state index in [4.69, 9.17) is 11.6 Å². The number of carbonyl (C=O) groups excluding carboxylic acids is 1. The average Bonchev–Trinajstić information content (AvgIpc) is 2.17. The Bertz CT molecular complexity index is 351. The molecule has 1 aromatic rings. The summed E-state index contributed by atoms with van der Waals surface area (Å²) in [6.45, 7) is -1.51. The molecule has 1 aromatic carbocycles. The lowest BCUT2D eigenvalue weighted by Gasteiger charge is -2.15. The molecule has 2 nitrogen and oxygen atoms in total. The highest BCUT2D eigenvalue weighted by Gasteiger charge is 2.31. The van der Waals surface area contributed by atoms with Crippen LogP contribution in [0.3, 0.4) is 0 Å². The SMILES string of the molecule is O=C(Cl)C(OCC(F)(F)F)c1ccccc1. The molecule has 0 saturated heterocycles. The minimum absolute atomic E-state index is 0.298. The van der Waals surface area contributed by atoms with Crippen molar-refractivity contribution in [1.82, 2.24) is 0 Å². The lowest BCUT2D eigenvalue weighted by molar-refractivity contribution is -0.185.